The topological polar surface area (TPSA) is 87.7 Å². The molecular formula is C20H19Cl2N3O4. The predicted molar refractivity (Wildman–Crippen MR) is 112 cm³/mol. The zero-order valence-electron chi connectivity index (χ0n) is 15.6. The molecule has 29 heavy (non-hydrogen) atoms. The van der Waals surface area contributed by atoms with Gasteiger partial charge in [0.2, 0.25) is 11.8 Å². The monoisotopic (exact) mass is 435 g/mol. The Labute approximate surface area is 177 Å². The lowest BCUT2D eigenvalue weighted by Crippen LogP contribution is -2.46. The molecule has 0 aromatic heterocycles. The highest BCUT2D eigenvalue weighted by Gasteiger charge is 2.31. The second-order valence-corrected chi connectivity index (χ2v) is 7.26. The van der Waals surface area contributed by atoms with Gasteiger partial charge in [-0.25, -0.2) is 0 Å². The van der Waals surface area contributed by atoms with Crippen molar-refractivity contribution in [3.05, 3.63) is 52.5 Å². The molecule has 3 amide bonds. The lowest BCUT2D eigenvalue weighted by atomic mass is 10.1. The Bertz CT molecular complexity index is 951. The summed E-state index contributed by atoms with van der Waals surface area (Å²) in [7, 11) is 0. The fourth-order valence-corrected chi connectivity index (χ4v) is 3.19. The summed E-state index contributed by atoms with van der Waals surface area (Å²) in [6, 6.07) is 11.8. The number of halogens is 2. The number of para-hydroxylation sites is 2. The molecule has 7 nitrogen and oxygen atoms in total. The molecule has 1 aliphatic rings. The average molecular weight is 436 g/mol. The van der Waals surface area contributed by atoms with E-state index in [9.17, 15) is 14.4 Å². The van der Waals surface area contributed by atoms with Gasteiger partial charge in [0.15, 0.2) is 6.10 Å². The van der Waals surface area contributed by atoms with Crippen LogP contribution in [-0.2, 0) is 14.4 Å². The fraction of sp³-hybridized carbons (Fsp3) is 0.250. The van der Waals surface area contributed by atoms with Gasteiger partial charge in [0, 0.05) is 18.0 Å². The minimum absolute atomic E-state index is 0.0397. The second-order valence-electron chi connectivity index (χ2n) is 6.42. The van der Waals surface area contributed by atoms with E-state index in [1.165, 1.54) is 11.0 Å². The first kappa shape index (κ1) is 21.0. The van der Waals surface area contributed by atoms with Crippen molar-refractivity contribution < 1.29 is 19.1 Å². The Morgan fingerprint density at radius 1 is 1.14 bits per heavy atom. The minimum Gasteiger partial charge on any atom is -0.479 e. The average Bonchev–Trinajstić information content (AvgIpc) is 2.69. The number of ether oxygens (including phenoxy) is 1. The van der Waals surface area contributed by atoms with Crippen molar-refractivity contribution in [2.75, 3.05) is 23.3 Å². The number of anilines is 2. The highest BCUT2D eigenvalue weighted by atomic mass is 35.5. The van der Waals surface area contributed by atoms with E-state index in [0.717, 1.165) is 0 Å². The number of hydrogen-bond acceptors (Lipinski definition) is 4. The van der Waals surface area contributed by atoms with Crippen molar-refractivity contribution in [3.63, 3.8) is 0 Å². The summed E-state index contributed by atoms with van der Waals surface area (Å²) in [5, 5.41) is 5.89. The van der Waals surface area contributed by atoms with Gasteiger partial charge in [-0.2, -0.15) is 0 Å². The van der Waals surface area contributed by atoms with Crippen LogP contribution in [-0.4, -0.2) is 36.9 Å². The van der Waals surface area contributed by atoms with E-state index in [0.29, 0.717) is 27.2 Å². The minimum atomic E-state index is -0.624. The molecule has 0 bridgehead atoms. The van der Waals surface area contributed by atoms with Gasteiger partial charge in [0.1, 0.15) is 5.75 Å². The Kier molecular flexibility index (Phi) is 6.61. The maximum atomic E-state index is 12.4. The van der Waals surface area contributed by atoms with Crippen molar-refractivity contribution in [1.29, 1.82) is 0 Å². The third-order valence-corrected chi connectivity index (χ3v) is 4.85. The van der Waals surface area contributed by atoms with E-state index < -0.39 is 12.0 Å². The van der Waals surface area contributed by atoms with Gasteiger partial charge in [-0.05, 0) is 37.3 Å². The van der Waals surface area contributed by atoms with E-state index in [-0.39, 0.29) is 31.3 Å². The van der Waals surface area contributed by atoms with Crippen molar-refractivity contribution in [2.24, 2.45) is 0 Å². The van der Waals surface area contributed by atoms with Gasteiger partial charge in [-0.3, -0.25) is 14.4 Å². The zero-order valence-corrected chi connectivity index (χ0v) is 17.1. The summed E-state index contributed by atoms with van der Waals surface area (Å²) in [5.41, 5.74) is 0.986. The first-order valence-electron chi connectivity index (χ1n) is 8.94. The number of amides is 3. The molecular weight excluding hydrogens is 417 g/mol. The van der Waals surface area contributed by atoms with Crippen molar-refractivity contribution in [3.8, 4) is 5.75 Å². The van der Waals surface area contributed by atoms with Gasteiger partial charge in [0.25, 0.3) is 5.91 Å². The zero-order chi connectivity index (χ0) is 21.0. The Morgan fingerprint density at radius 3 is 2.69 bits per heavy atom. The molecule has 152 valence electrons. The first-order valence-corrected chi connectivity index (χ1v) is 9.69. The molecule has 1 heterocycles. The molecule has 0 saturated carbocycles. The molecule has 2 N–H and O–H groups in total. The fourth-order valence-electron chi connectivity index (χ4n) is 2.86. The molecule has 0 fully saturated rings. The van der Waals surface area contributed by atoms with Crippen LogP contribution < -0.4 is 20.3 Å². The van der Waals surface area contributed by atoms with E-state index in [4.69, 9.17) is 27.9 Å². The lowest BCUT2D eigenvalue weighted by molar-refractivity contribution is -0.126. The summed E-state index contributed by atoms with van der Waals surface area (Å²) >= 11 is 11.9. The maximum absolute atomic E-state index is 12.4. The van der Waals surface area contributed by atoms with Crippen LogP contribution in [0, 0.1) is 0 Å². The van der Waals surface area contributed by atoms with Crippen molar-refractivity contribution in [2.45, 2.75) is 19.4 Å². The number of carbonyl (C=O) groups is 3. The van der Waals surface area contributed by atoms with E-state index >= 15 is 0 Å². The Hall–Kier alpha value is -2.77. The quantitative estimate of drug-likeness (QED) is 0.728. The van der Waals surface area contributed by atoms with Crippen LogP contribution in [0.15, 0.2) is 42.5 Å². The highest BCUT2D eigenvalue weighted by Crippen LogP contribution is 2.33. The van der Waals surface area contributed by atoms with Crippen LogP contribution in [0.25, 0.3) is 0 Å². The number of rotatable bonds is 6. The summed E-state index contributed by atoms with van der Waals surface area (Å²) in [6.07, 6.45) is -0.584. The largest absolute Gasteiger partial charge is 0.479 e. The van der Waals surface area contributed by atoms with Crippen molar-refractivity contribution in [1.82, 2.24) is 5.32 Å². The van der Waals surface area contributed by atoms with Crippen molar-refractivity contribution >= 4 is 52.3 Å². The molecule has 0 saturated heterocycles. The Balaban J connectivity index is 1.52. The van der Waals surface area contributed by atoms with Crippen LogP contribution in [0.5, 0.6) is 5.75 Å². The van der Waals surface area contributed by atoms with E-state index in [1.54, 1.807) is 37.3 Å². The normalized spacial score (nSPS) is 15.3. The third kappa shape index (κ3) is 5.19. The summed E-state index contributed by atoms with van der Waals surface area (Å²) in [4.78, 5) is 38.1. The second kappa shape index (κ2) is 9.15. The molecule has 2 aromatic rings. The standard InChI is InChI=1S/C20H19Cl2N3O4/c1-12-20(28)25(16-4-2-3-5-17(16)29-12)9-8-18(26)23-11-19(27)24-15-10-13(21)6-7-14(15)22/h2-7,10,12H,8-9,11H2,1H3,(H,23,26)(H,24,27)/t12-/m0/s1. The number of fused-ring (bicyclic) bond motifs is 1. The van der Waals surface area contributed by atoms with Gasteiger partial charge < -0.3 is 20.3 Å². The summed E-state index contributed by atoms with van der Waals surface area (Å²) < 4.78 is 5.57. The SMILES string of the molecule is C[C@@H]1Oc2ccccc2N(CCC(=O)NCC(=O)Nc2cc(Cl)ccc2Cl)C1=O. The lowest BCUT2D eigenvalue weighted by Gasteiger charge is -2.32. The Morgan fingerprint density at radius 2 is 1.90 bits per heavy atom. The molecule has 0 spiro atoms. The van der Waals surface area contributed by atoms with Gasteiger partial charge in [-0.1, -0.05) is 35.3 Å². The first-order chi connectivity index (χ1) is 13.8. The predicted octanol–water partition coefficient (Wildman–Crippen LogP) is 3.25. The maximum Gasteiger partial charge on any atom is 0.267 e. The smallest absolute Gasteiger partial charge is 0.267 e. The van der Waals surface area contributed by atoms with Gasteiger partial charge in [0.05, 0.1) is 22.9 Å². The van der Waals surface area contributed by atoms with Gasteiger partial charge in [-0.15, -0.1) is 0 Å². The molecule has 3 rings (SSSR count). The van der Waals surface area contributed by atoms with Crippen LogP contribution in [0.2, 0.25) is 10.0 Å². The summed E-state index contributed by atoms with van der Waals surface area (Å²) in [5.74, 6) is -0.423. The number of hydrogen-bond donors (Lipinski definition) is 2. The summed E-state index contributed by atoms with van der Waals surface area (Å²) in [6.45, 7) is 1.61. The third-order valence-electron chi connectivity index (χ3n) is 4.28. The van der Waals surface area contributed by atoms with E-state index in [1.807, 2.05) is 6.07 Å². The van der Waals surface area contributed by atoms with Gasteiger partial charge >= 0.3 is 0 Å². The van der Waals surface area contributed by atoms with Crippen LogP contribution in [0.1, 0.15) is 13.3 Å². The number of benzene rings is 2. The molecule has 9 heteroatoms. The number of nitrogens with one attached hydrogen (secondary N) is 2. The van der Waals surface area contributed by atoms with Crippen LogP contribution >= 0.6 is 23.2 Å². The molecule has 1 atom stereocenters. The molecule has 0 aliphatic carbocycles. The molecule has 1 aliphatic heterocycles. The number of nitrogens with zero attached hydrogens (tertiary/aromatic N) is 1. The molecule has 0 unspecified atom stereocenters. The van der Waals surface area contributed by atoms with Crippen LogP contribution in [0.4, 0.5) is 11.4 Å². The number of carbonyl (C=O) groups excluding carboxylic acids is 3. The van der Waals surface area contributed by atoms with E-state index in [2.05, 4.69) is 10.6 Å². The molecule has 0 radical (unpaired) electrons. The van der Waals surface area contributed by atoms with Crippen LogP contribution in [0.3, 0.4) is 0 Å². The molecule has 2 aromatic carbocycles. The highest BCUT2D eigenvalue weighted by molar-refractivity contribution is 6.35.